The van der Waals surface area contributed by atoms with Gasteiger partial charge in [-0.05, 0) is 25.2 Å². The van der Waals surface area contributed by atoms with Crippen LogP contribution in [0.1, 0.15) is 31.1 Å². The molecule has 1 aromatic carbocycles. The molecule has 94 valence electrons. The summed E-state index contributed by atoms with van der Waals surface area (Å²) in [5, 5.41) is 1.51. The van der Waals surface area contributed by atoms with Crippen LogP contribution in [0.4, 0.5) is 4.79 Å². The molecule has 3 atom stereocenters. The Hall–Kier alpha value is -1.55. The maximum absolute atomic E-state index is 12.3. The second-order valence-corrected chi connectivity index (χ2v) is 5.46. The number of amides is 2. The van der Waals surface area contributed by atoms with Gasteiger partial charge in [0.15, 0.2) is 0 Å². The quantitative estimate of drug-likeness (QED) is 0.712. The number of nitrogens with zero attached hydrogens (tertiary/aromatic N) is 2. The van der Waals surface area contributed by atoms with Crippen molar-refractivity contribution < 1.29 is 9.63 Å². The Morgan fingerprint density at radius 3 is 2.72 bits per heavy atom. The number of hydrogen-bond acceptors (Lipinski definition) is 2. The molecule has 4 nitrogen and oxygen atoms in total. The summed E-state index contributed by atoms with van der Waals surface area (Å²) in [4.78, 5) is 19.7. The number of likely N-dealkylation sites (tertiary alicyclic amines) is 1. The number of carbonyl (C=O) groups excluding carboxylic acids is 1. The summed E-state index contributed by atoms with van der Waals surface area (Å²) in [5.41, 5.74) is 1.05. The average molecular weight is 244 g/mol. The van der Waals surface area contributed by atoms with Gasteiger partial charge in [0, 0.05) is 18.2 Å². The highest BCUT2D eigenvalue weighted by Crippen LogP contribution is 2.43. The number of rotatable bonds is 1. The highest BCUT2D eigenvalue weighted by atomic mass is 16.8. The van der Waals surface area contributed by atoms with E-state index in [-0.39, 0.29) is 12.3 Å². The highest BCUT2D eigenvalue weighted by molar-refractivity contribution is 5.76. The minimum absolute atomic E-state index is 0.0519. The minimum atomic E-state index is -0.169. The third-order valence-corrected chi connectivity index (χ3v) is 4.31. The van der Waals surface area contributed by atoms with Gasteiger partial charge in [-0.15, -0.1) is 0 Å². The first-order valence-corrected chi connectivity index (χ1v) is 6.64. The Morgan fingerprint density at radius 1 is 1.22 bits per heavy atom. The fourth-order valence-corrected chi connectivity index (χ4v) is 3.33. The molecule has 0 aromatic heterocycles. The monoisotopic (exact) mass is 244 g/mol. The van der Waals surface area contributed by atoms with E-state index in [9.17, 15) is 4.79 Å². The molecule has 3 aliphatic rings. The van der Waals surface area contributed by atoms with Crippen LogP contribution in [0.2, 0.25) is 0 Å². The van der Waals surface area contributed by atoms with E-state index in [1.54, 1.807) is 0 Å². The summed E-state index contributed by atoms with van der Waals surface area (Å²) < 4.78 is 0. The van der Waals surface area contributed by atoms with E-state index < -0.39 is 0 Å². The lowest BCUT2D eigenvalue weighted by molar-refractivity contribution is 0.126. The third kappa shape index (κ3) is 1.52. The molecule has 0 spiro atoms. The van der Waals surface area contributed by atoms with Crippen LogP contribution in [0, 0.1) is 5.92 Å². The van der Waals surface area contributed by atoms with Crippen LogP contribution >= 0.6 is 0 Å². The summed E-state index contributed by atoms with van der Waals surface area (Å²) in [7, 11) is 0. The molecule has 2 bridgehead atoms. The fraction of sp³-hybridized carbons (Fsp3) is 0.500. The van der Waals surface area contributed by atoms with E-state index >= 15 is 0 Å². The standard InChI is InChI=1S/C14H16N2O2/c17-14(15-9-10-6-7-12(15)8-10)16-13(18-16)11-4-2-1-3-5-11/h1-5,10,12-13H,6-9H2. The number of hydrogen-bond donors (Lipinski definition) is 0. The van der Waals surface area contributed by atoms with Gasteiger partial charge in [0.2, 0.25) is 6.23 Å². The van der Waals surface area contributed by atoms with Crippen LogP contribution < -0.4 is 0 Å². The summed E-state index contributed by atoms with van der Waals surface area (Å²) in [6, 6.07) is 10.4. The molecular weight excluding hydrogens is 228 g/mol. The number of benzene rings is 1. The molecule has 4 rings (SSSR count). The Labute approximate surface area is 106 Å². The number of fused-ring (bicyclic) bond motifs is 2. The van der Waals surface area contributed by atoms with E-state index in [2.05, 4.69) is 0 Å². The molecular formula is C14H16N2O2. The summed E-state index contributed by atoms with van der Waals surface area (Å²) >= 11 is 0. The van der Waals surface area contributed by atoms with Crippen LogP contribution in [0.15, 0.2) is 30.3 Å². The molecule has 3 fully saturated rings. The van der Waals surface area contributed by atoms with Gasteiger partial charge in [-0.1, -0.05) is 30.3 Å². The maximum Gasteiger partial charge on any atom is 0.347 e. The van der Waals surface area contributed by atoms with E-state index in [4.69, 9.17) is 4.84 Å². The van der Waals surface area contributed by atoms with Crippen LogP contribution in [0.3, 0.4) is 0 Å². The minimum Gasteiger partial charge on any atom is -0.320 e. The van der Waals surface area contributed by atoms with Crippen molar-refractivity contribution in [2.75, 3.05) is 6.54 Å². The second kappa shape index (κ2) is 3.72. The summed E-state index contributed by atoms with van der Waals surface area (Å²) in [6.07, 6.45) is 3.48. The molecule has 3 unspecified atom stereocenters. The Kier molecular flexibility index (Phi) is 2.14. The van der Waals surface area contributed by atoms with Crippen molar-refractivity contribution in [3.05, 3.63) is 35.9 Å². The molecule has 1 saturated carbocycles. The van der Waals surface area contributed by atoms with Crippen molar-refractivity contribution in [2.24, 2.45) is 5.92 Å². The predicted molar refractivity (Wildman–Crippen MR) is 65.3 cm³/mol. The zero-order valence-electron chi connectivity index (χ0n) is 10.2. The molecule has 0 radical (unpaired) electrons. The zero-order chi connectivity index (χ0) is 12.1. The lowest BCUT2D eigenvalue weighted by Gasteiger charge is -2.26. The van der Waals surface area contributed by atoms with E-state index in [0.29, 0.717) is 6.04 Å². The first-order valence-electron chi connectivity index (χ1n) is 6.64. The van der Waals surface area contributed by atoms with Crippen molar-refractivity contribution >= 4 is 6.03 Å². The van der Waals surface area contributed by atoms with Gasteiger partial charge in [-0.3, -0.25) is 0 Å². The Balaban J connectivity index is 1.46. The van der Waals surface area contributed by atoms with E-state index in [1.807, 2.05) is 35.2 Å². The molecule has 2 amide bonds. The number of carbonyl (C=O) groups is 1. The SMILES string of the molecule is O=C(N1CC2CCC1C2)N1OC1c1ccccc1. The lowest BCUT2D eigenvalue weighted by Crippen LogP contribution is -2.40. The highest BCUT2D eigenvalue weighted by Gasteiger charge is 2.49. The number of piperidine rings is 1. The molecule has 18 heavy (non-hydrogen) atoms. The van der Waals surface area contributed by atoms with Gasteiger partial charge in [0.1, 0.15) is 0 Å². The normalized spacial score (nSPS) is 33.0. The molecule has 2 heterocycles. The molecule has 0 N–H and O–H groups in total. The first-order chi connectivity index (χ1) is 8.83. The van der Waals surface area contributed by atoms with Gasteiger partial charge in [-0.2, -0.15) is 5.06 Å². The second-order valence-electron chi connectivity index (χ2n) is 5.46. The fourth-order valence-electron chi connectivity index (χ4n) is 3.33. The smallest absolute Gasteiger partial charge is 0.320 e. The van der Waals surface area contributed by atoms with Crippen molar-refractivity contribution in [3.63, 3.8) is 0 Å². The first kappa shape index (κ1) is 10.4. The third-order valence-electron chi connectivity index (χ3n) is 4.31. The average Bonchev–Trinajstić information content (AvgIpc) is 2.94. The van der Waals surface area contributed by atoms with Crippen LogP contribution in [0.25, 0.3) is 0 Å². The van der Waals surface area contributed by atoms with Crippen LogP contribution in [-0.2, 0) is 4.84 Å². The van der Waals surface area contributed by atoms with Gasteiger partial charge >= 0.3 is 6.03 Å². The van der Waals surface area contributed by atoms with Crippen molar-refractivity contribution in [3.8, 4) is 0 Å². The Morgan fingerprint density at radius 2 is 2.06 bits per heavy atom. The van der Waals surface area contributed by atoms with Crippen LogP contribution in [0.5, 0.6) is 0 Å². The van der Waals surface area contributed by atoms with Crippen LogP contribution in [-0.4, -0.2) is 28.6 Å². The van der Waals surface area contributed by atoms with Gasteiger partial charge in [0.05, 0.1) is 0 Å². The zero-order valence-corrected chi connectivity index (χ0v) is 10.2. The Bertz CT molecular complexity index is 476. The molecule has 1 aromatic rings. The number of urea groups is 1. The van der Waals surface area contributed by atoms with Gasteiger partial charge in [-0.25, -0.2) is 9.63 Å². The predicted octanol–water partition coefficient (Wildman–Crippen LogP) is 2.54. The summed E-state index contributed by atoms with van der Waals surface area (Å²) in [5.74, 6) is 0.731. The van der Waals surface area contributed by atoms with Crippen molar-refractivity contribution in [1.82, 2.24) is 9.96 Å². The number of hydroxylamine groups is 2. The van der Waals surface area contributed by atoms with Gasteiger partial charge < -0.3 is 4.90 Å². The molecule has 4 heteroatoms. The van der Waals surface area contributed by atoms with Crippen molar-refractivity contribution in [2.45, 2.75) is 31.5 Å². The molecule has 1 aliphatic carbocycles. The van der Waals surface area contributed by atoms with Gasteiger partial charge in [0.25, 0.3) is 0 Å². The van der Waals surface area contributed by atoms with E-state index in [0.717, 1.165) is 18.0 Å². The van der Waals surface area contributed by atoms with E-state index in [1.165, 1.54) is 24.3 Å². The summed E-state index contributed by atoms with van der Waals surface area (Å²) in [6.45, 7) is 0.921. The largest absolute Gasteiger partial charge is 0.347 e. The molecule has 2 saturated heterocycles. The lowest BCUT2D eigenvalue weighted by atomic mass is 10.1. The topological polar surface area (TPSA) is 35.9 Å². The maximum atomic E-state index is 12.3. The van der Waals surface area contributed by atoms with Crippen molar-refractivity contribution in [1.29, 1.82) is 0 Å². The molecule has 2 aliphatic heterocycles.